The van der Waals surface area contributed by atoms with E-state index >= 15 is 0 Å². The molecule has 4 rings (SSSR count). The van der Waals surface area contributed by atoms with Crippen LogP contribution in [0, 0.1) is 5.92 Å². The lowest BCUT2D eigenvalue weighted by Crippen LogP contribution is -2.50. The normalized spacial score (nSPS) is 24.6. The van der Waals surface area contributed by atoms with Gasteiger partial charge in [0, 0.05) is 0 Å². The second-order valence-corrected chi connectivity index (χ2v) is 9.61. The maximum atomic E-state index is 13.0. The fourth-order valence-electron chi connectivity index (χ4n) is 4.45. The van der Waals surface area contributed by atoms with E-state index in [4.69, 9.17) is 0 Å². The molecule has 8 nitrogen and oxygen atoms in total. The number of benzene rings is 1. The summed E-state index contributed by atoms with van der Waals surface area (Å²) in [4.78, 5) is 47.3. The molecule has 0 unspecified atom stereocenters. The fraction of sp³-hybridized carbons (Fsp3) is 0.545. The second kappa shape index (κ2) is 8.90. The van der Waals surface area contributed by atoms with Crippen LogP contribution in [-0.2, 0) is 9.59 Å². The number of urea groups is 1. The van der Waals surface area contributed by atoms with Crippen LogP contribution in [0.2, 0.25) is 0 Å². The minimum atomic E-state index is -0.832. The summed E-state index contributed by atoms with van der Waals surface area (Å²) in [5.41, 5.74) is 0.910. The van der Waals surface area contributed by atoms with Crippen LogP contribution < -0.4 is 10.6 Å². The van der Waals surface area contributed by atoms with Crippen LogP contribution in [0.15, 0.2) is 24.3 Å². The first kappa shape index (κ1) is 21.7. The number of nitrogens with zero attached hydrogens (tertiary/aromatic N) is 2. The predicted molar refractivity (Wildman–Crippen MR) is 121 cm³/mol. The highest BCUT2D eigenvalue weighted by molar-refractivity contribution is 7.98. The van der Waals surface area contributed by atoms with Gasteiger partial charge in [0.1, 0.15) is 17.9 Å². The molecular formula is C22H29N5O3S. The number of hydrogen-bond donors (Lipinski definition) is 3. The van der Waals surface area contributed by atoms with Gasteiger partial charge in [0.2, 0.25) is 5.91 Å². The van der Waals surface area contributed by atoms with Gasteiger partial charge in [-0.25, -0.2) is 9.78 Å². The molecular weight excluding hydrogens is 414 g/mol. The Morgan fingerprint density at radius 3 is 2.77 bits per heavy atom. The quantitative estimate of drug-likeness (QED) is 0.570. The van der Waals surface area contributed by atoms with Crippen molar-refractivity contribution < 1.29 is 14.4 Å². The van der Waals surface area contributed by atoms with Crippen molar-refractivity contribution in [2.24, 2.45) is 5.92 Å². The molecule has 1 spiro atoms. The number of imide groups is 1. The minimum Gasteiger partial charge on any atom is -0.345 e. The number of carbonyl (C=O) groups excluding carboxylic acids is 3. The van der Waals surface area contributed by atoms with Crippen LogP contribution in [0.1, 0.15) is 50.9 Å². The number of H-pyrrole nitrogens is 1. The molecule has 1 aliphatic heterocycles. The summed E-state index contributed by atoms with van der Waals surface area (Å²) in [5.74, 6) is 1.43. The van der Waals surface area contributed by atoms with Gasteiger partial charge in [-0.3, -0.25) is 14.5 Å². The third kappa shape index (κ3) is 4.42. The van der Waals surface area contributed by atoms with E-state index in [1.165, 1.54) is 0 Å². The second-order valence-electron chi connectivity index (χ2n) is 8.63. The summed E-state index contributed by atoms with van der Waals surface area (Å²) < 4.78 is 0. The van der Waals surface area contributed by atoms with Gasteiger partial charge < -0.3 is 15.6 Å². The molecule has 1 aliphatic carbocycles. The number of imidazole rings is 1. The largest absolute Gasteiger partial charge is 0.345 e. The molecule has 2 heterocycles. The number of rotatable bonds is 7. The van der Waals surface area contributed by atoms with Crippen molar-refractivity contribution in [3.05, 3.63) is 30.1 Å². The van der Waals surface area contributed by atoms with Crippen molar-refractivity contribution in [1.82, 2.24) is 25.5 Å². The van der Waals surface area contributed by atoms with Crippen molar-refractivity contribution >= 4 is 40.6 Å². The van der Waals surface area contributed by atoms with Crippen LogP contribution in [0.25, 0.3) is 11.0 Å². The highest BCUT2D eigenvalue weighted by Crippen LogP contribution is 2.36. The van der Waals surface area contributed by atoms with Crippen molar-refractivity contribution in [2.45, 2.75) is 50.6 Å². The van der Waals surface area contributed by atoms with Crippen molar-refractivity contribution in [2.75, 3.05) is 18.6 Å². The van der Waals surface area contributed by atoms with Gasteiger partial charge in [-0.2, -0.15) is 11.8 Å². The van der Waals surface area contributed by atoms with Crippen LogP contribution >= 0.6 is 11.8 Å². The molecule has 31 heavy (non-hydrogen) atoms. The Labute approximate surface area is 185 Å². The van der Waals surface area contributed by atoms with Crippen LogP contribution in [0.5, 0.6) is 0 Å². The number of aromatic nitrogens is 2. The number of nitrogens with one attached hydrogen (secondary N) is 3. The van der Waals surface area contributed by atoms with Gasteiger partial charge in [-0.05, 0) is 62.2 Å². The molecule has 4 amide bonds. The third-order valence-electron chi connectivity index (χ3n) is 6.36. The first-order valence-corrected chi connectivity index (χ1v) is 12.2. The van der Waals surface area contributed by atoms with Gasteiger partial charge in [0.15, 0.2) is 0 Å². The van der Waals surface area contributed by atoms with E-state index in [0.717, 1.165) is 34.5 Å². The average Bonchev–Trinajstić information content (AvgIpc) is 3.28. The maximum Gasteiger partial charge on any atom is 0.325 e. The highest BCUT2D eigenvalue weighted by Gasteiger charge is 2.52. The van der Waals surface area contributed by atoms with Gasteiger partial charge in [-0.15, -0.1) is 0 Å². The average molecular weight is 444 g/mol. The molecule has 3 N–H and O–H groups in total. The molecule has 1 atom stereocenters. The molecule has 1 aromatic carbocycles. The lowest BCUT2D eigenvalue weighted by molar-refractivity contribution is -0.136. The maximum absolute atomic E-state index is 13.0. The van der Waals surface area contributed by atoms with Crippen molar-refractivity contribution in [3.63, 3.8) is 0 Å². The number of hydrogen-bond acceptors (Lipinski definition) is 5. The zero-order valence-electron chi connectivity index (χ0n) is 17.9. The standard InChI is InChI=1S/C22H29N5O3S/c1-14-7-10-22(11-8-14)20(29)27(21(30)26-22)13-18(28)23-17(9-12-31-2)19-24-15-5-3-4-6-16(15)25-19/h3-6,14,17H,7-13H2,1-2H3,(H,23,28)(H,24,25)(H,26,30)/t14?,17-,22?/m0/s1. The zero-order chi connectivity index (χ0) is 22.0. The molecule has 1 saturated carbocycles. The molecule has 166 valence electrons. The van der Waals surface area contributed by atoms with Gasteiger partial charge in [-0.1, -0.05) is 19.1 Å². The summed E-state index contributed by atoms with van der Waals surface area (Å²) in [5, 5.41) is 5.84. The molecule has 2 aliphatic rings. The Bertz CT molecular complexity index is 949. The van der Waals surface area contributed by atoms with E-state index < -0.39 is 11.6 Å². The fourth-order valence-corrected chi connectivity index (χ4v) is 4.92. The smallest absolute Gasteiger partial charge is 0.325 e. The number of fused-ring (bicyclic) bond motifs is 1. The Kier molecular flexibility index (Phi) is 6.22. The topological polar surface area (TPSA) is 107 Å². The summed E-state index contributed by atoms with van der Waals surface area (Å²) in [6, 6.07) is 6.91. The van der Waals surface area contributed by atoms with E-state index in [-0.39, 0.29) is 24.4 Å². The Hall–Kier alpha value is -2.55. The number of aromatic amines is 1. The SMILES string of the molecule is CSCC[C@H](NC(=O)CN1C(=O)NC2(CCC(C)CC2)C1=O)c1nc2ccccc2[nH]1. The Morgan fingerprint density at radius 1 is 1.32 bits per heavy atom. The van der Waals surface area contributed by atoms with E-state index in [2.05, 4.69) is 27.5 Å². The Balaban J connectivity index is 1.45. The van der Waals surface area contributed by atoms with Gasteiger partial charge in [0.05, 0.1) is 17.1 Å². The van der Waals surface area contributed by atoms with Crippen LogP contribution in [-0.4, -0.2) is 56.8 Å². The molecule has 0 radical (unpaired) electrons. The first-order valence-electron chi connectivity index (χ1n) is 10.8. The molecule has 0 bridgehead atoms. The summed E-state index contributed by atoms with van der Waals surface area (Å²) >= 11 is 1.69. The highest BCUT2D eigenvalue weighted by atomic mass is 32.2. The van der Waals surface area contributed by atoms with Gasteiger partial charge in [0.25, 0.3) is 5.91 Å². The molecule has 2 aromatic rings. The van der Waals surface area contributed by atoms with Crippen molar-refractivity contribution in [3.8, 4) is 0 Å². The number of amides is 4. The molecule has 9 heteroatoms. The van der Waals surface area contributed by atoms with E-state index in [1.54, 1.807) is 11.8 Å². The molecule has 2 fully saturated rings. The molecule has 1 aromatic heterocycles. The number of para-hydroxylation sites is 2. The zero-order valence-corrected chi connectivity index (χ0v) is 18.8. The minimum absolute atomic E-state index is 0.274. The van der Waals surface area contributed by atoms with E-state index in [9.17, 15) is 14.4 Å². The van der Waals surface area contributed by atoms with Crippen LogP contribution in [0.4, 0.5) is 4.79 Å². The van der Waals surface area contributed by atoms with Crippen LogP contribution in [0.3, 0.4) is 0 Å². The number of thioether (sulfide) groups is 1. The third-order valence-corrected chi connectivity index (χ3v) is 7.00. The summed E-state index contributed by atoms with van der Waals surface area (Å²) in [6.07, 6.45) is 5.76. The monoisotopic (exact) mass is 443 g/mol. The van der Waals surface area contributed by atoms with E-state index in [0.29, 0.717) is 31.0 Å². The number of carbonyl (C=O) groups is 3. The van der Waals surface area contributed by atoms with E-state index in [1.807, 2.05) is 30.5 Å². The summed E-state index contributed by atoms with van der Waals surface area (Å²) in [6.45, 7) is 1.88. The van der Waals surface area contributed by atoms with Crippen molar-refractivity contribution in [1.29, 1.82) is 0 Å². The lowest BCUT2D eigenvalue weighted by Gasteiger charge is -2.33. The first-order chi connectivity index (χ1) is 14.9. The summed E-state index contributed by atoms with van der Waals surface area (Å²) in [7, 11) is 0. The molecule has 1 saturated heterocycles. The van der Waals surface area contributed by atoms with Gasteiger partial charge >= 0.3 is 6.03 Å². The lowest BCUT2D eigenvalue weighted by atomic mass is 9.77. The predicted octanol–water partition coefficient (Wildman–Crippen LogP) is 2.97. The Morgan fingerprint density at radius 2 is 2.06 bits per heavy atom.